The van der Waals surface area contributed by atoms with Crippen molar-refractivity contribution in [1.29, 1.82) is 5.26 Å². The number of primary amides is 1. The number of amides is 3. The maximum Gasteiger partial charge on any atom is 0.319 e. The molecule has 0 saturated carbocycles. The fourth-order valence-corrected chi connectivity index (χ4v) is 2.86. The molecule has 0 aromatic heterocycles. The minimum Gasteiger partial charge on any atom is -0.490 e. The Morgan fingerprint density at radius 3 is 2.52 bits per heavy atom. The summed E-state index contributed by atoms with van der Waals surface area (Å²) in [4.78, 5) is 33.2. The van der Waals surface area contributed by atoms with Crippen molar-refractivity contribution >= 4 is 23.7 Å². The lowest BCUT2D eigenvalue weighted by Crippen LogP contribution is -2.35. The molecule has 2 rings (SSSR count). The largest absolute Gasteiger partial charge is 0.490 e. The Kier molecular flexibility index (Phi) is 8.70. The van der Waals surface area contributed by atoms with Crippen molar-refractivity contribution in [3.8, 4) is 17.6 Å². The van der Waals surface area contributed by atoms with Gasteiger partial charge in [0, 0.05) is 17.7 Å². The SMILES string of the molecule is C=CCc1cc(/C=C(/C#N)C(=O)NC(N)=O)cc(OCC)c1OCc1ccc([N+](=O)[O-])cc1. The molecule has 0 radical (unpaired) electrons. The lowest BCUT2D eigenvalue weighted by molar-refractivity contribution is -0.384. The number of nitro groups is 1. The van der Waals surface area contributed by atoms with Gasteiger partial charge in [0.1, 0.15) is 18.2 Å². The number of nitro benzene ring substituents is 1. The lowest BCUT2D eigenvalue weighted by atomic mass is 10.0. The van der Waals surface area contributed by atoms with Crippen molar-refractivity contribution in [3.63, 3.8) is 0 Å². The van der Waals surface area contributed by atoms with Crippen LogP contribution < -0.4 is 20.5 Å². The molecule has 0 heterocycles. The zero-order chi connectivity index (χ0) is 24.4. The molecule has 170 valence electrons. The average molecular weight is 450 g/mol. The molecule has 2 aromatic rings. The summed E-state index contributed by atoms with van der Waals surface area (Å²) in [6, 6.07) is 9.93. The van der Waals surface area contributed by atoms with Crippen LogP contribution in [0.5, 0.6) is 11.5 Å². The van der Waals surface area contributed by atoms with E-state index in [1.807, 2.05) is 5.32 Å². The highest BCUT2D eigenvalue weighted by Crippen LogP contribution is 2.35. The van der Waals surface area contributed by atoms with Gasteiger partial charge in [-0.25, -0.2) is 4.79 Å². The third-order valence-electron chi connectivity index (χ3n) is 4.26. The Labute approximate surface area is 190 Å². The number of benzene rings is 2. The molecule has 0 saturated heterocycles. The molecule has 2 aromatic carbocycles. The number of carbonyl (C=O) groups is 2. The molecular formula is C23H22N4O6. The number of hydrogen-bond acceptors (Lipinski definition) is 7. The summed E-state index contributed by atoms with van der Waals surface area (Å²) in [5.74, 6) is -0.114. The highest BCUT2D eigenvalue weighted by molar-refractivity contribution is 6.08. The van der Waals surface area contributed by atoms with Crippen LogP contribution >= 0.6 is 0 Å². The van der Waals surface area contributed by atoms with Gasteiger partial charge in [-0.3, -0.25) is 20.2 Å². The molecule has 0 fully saturated rings. The predicted octanol–water partition coefficient (Wildman–Crippen LogP) is 3.40. The predicted molar refractivity (Wildman–Crippen MR) is 120 cm³/mol. The van der Waals surface area contributed by atoms with Crippen LogP contribution in [0.25, 0.3) is 6.08 Å². The summed E-state index contributed by atoms with van der Waals surface area (Å²) < 4.78 is 11.7. The Morgan fingerprint density at radius 2 is 1.97 bits per heavy atom. The molecule has 0 unspecified atom stereocenters. The Hall–Kier alpha value is -4.65. The number of nitriles is 1. The average Bonchev–Trinajstić information content (AvgIpc) is 2.77. The Morgan fingerprint density at radius 1 is 1.27 bits per heavy atom. The molecule has 0 aliphatic heterocycles. The van der Waals surface area contributed by atoms with Crippen molar-refractivity contribution < 1.29 is 24.0 Å². The number of imide groups is 1. The highest BCUT2D eigenvalue weighted by atomic mass is 16.6. The van der Waals surface area contributed by atoms with E-state index in [4.69, 9.17) is 15.2 Å². The normalized spacial score (nSPS) is 10.6. The summed E-state index contributed by atoms with van der Waals surface area (Å²) >= 11 is 0. The number of nitrogens with zero attached hydrogens (tertiary/aromatic N) is 2. The minimum absolute atomic E-state index is 0.0223. The molecule has 0 spiro atoms. The van der Waals surface area contributed by atoms with Gasteiger partial charge >= 0.3 is 6.03 Å². The van der Waals surface area contributed by atoms with E-state index in [1.54, 1.807) is 43.3 Å². The second-order valence-electron chi connectivity index (χ2n) is 6.63. The molecule has 0 atom stereocenters. The van der Waals surface area contributed by atoms with Gasteiger partial charge in [0.05, 0.1) is 11.5 Å². The van der Waals surface area contributed by atoms with Crippen molar-refractivity contribution in [3.05, 3.63) is 81.4 Å². The molecule has 33 heavy (non-hydrogen) atoms. The molecule has 3 amide bonds. The van der Waals surface area contributed by atoms with Crippen molar-refractivity contribution in [1.82, 2.24) is 5.32 Å². The number of ether oxygens (including phenoxy) is 2. The first-order chi connectivity index (χ1) is 15.8. The molecule has 10 heteroatoms. The zero-order valence-electron chi connectivity index (χ0n) is 17.9. The van der Waals surface area contributed by atoms with Crippen LogP contribution in [-0.4, -0.2) is 23.5 Å². The van der Waals surface area contributed by atoms with Gasteiger partial charge in [-0.05, 0) is 54.8 Å². The number of nitrogens with two attached hydrogens (primary N) is 1. The monoisotopic (exact) mass is 450 g/mol. The number of urea groups is 1. The van der Waals surface area contributed by atoms with Crippen molar-refractivity contribution in [2.75, 3.05) is 6.61 Å². The van der Waals surface area contributed by atoms with E-state index in [9.17, 15) is 25.0 Å². The van der Waals surface area contributed by atoms with Gasteiger partial charge < -0.3 is 15.2 Å². The van der Waals surface area contributed by atoms with Crippen LogP contribution in [0.3, 0.4) is 0 Å². The van der Waals surface area contributed by atoms with Gasteiger partial charge in [0.25, 0.3) is 11.6 Å². The van der Waals surface area contributed by atoms with Crippen LogP contribution in [0.2, 0.25) is 0 Å². The standard InChI is InChI=1S/C23H22N4O6/c1-3-5-17-10-16(11-18(13-24)22(28)26-23(25)29)12-20(32-4-2)21(17)33-14-15-6-8-19(9-7-15)27(30)31/h3,6-12H,1,4-5,14H2,2H3,(H3,25,26,28,29)/b18-11-. The van der Waals surface area contributed by atoms with Crippen molar-refractivity contribution in [2.24, 2.45) is 5.73 Å². The Balaban J connectivity index is 2.41. The fraction of sp³-hybridized carbons (Fsp3) is 0.174. The first-order valence-electron chi connectivity index (χ1n) is 9.78. The van der Waals surface area contributed by atoms with Crippen LogP contribution in [-0.2, 0) is 17.8 Å². The third kappa shape index (κ3) is 6.93. The van der Waals surface area contributed by atoms with E-state index in [0.717, 1.165) is 0 Å². The van der Waals surface area contributed by atoms with Crippen LogP contribution in [0.1, 0.15) is 23.6 Å². The van der Waals surface area contributed by atoms with Crippen LogP contribution in [0, 0.1) is 21.4 Å². The number of hydrogen-bond donors (Lipinski definition) is 2. The van der Waals surface area contributed by atoms with E-state index < -0.39 is 16.9 Å². The van der Waals surface area contributed by atoms with Gasteiger partial charge in [-0.2, -0.15) is 5.26 Å². The first-order valence-corrected chi connectivity index (χ1v) is 9.78. The van der Waals surface area contributed by atoms with Gasteiger partial charge in [-0.1, -0.05) is 6.08 Å². The summed E-state index contributed by atoms with van der Waals surface area (Å²) in [7, 11) is 0. The number of carbonyl (C=O) groups excluding carboxylic acids is 2. The van der Waals surface area contributed by atoms with E-state index in [0.29, 0.717) is 41.2 Å². The fourth-order valence-electron chi connectivity index (χ4n) is 2.86. The molecule has 0 aliphatic carbocycles. The topological polar surface area (TPSA) is 158 Å². The third-order valence-corrected chi connectivity index (χ3v) is 4.26. The van der Waals surface area contributed by atoms with Crippen LogP contribution in [0.15, 0.2) is 54.6 Å². The van der Waals surface area contributed by atoms with Gasteiger partial charge in [0.15, 0.2) is 11.5 Å². The molecule has 0 bridgehead atoms. The number of rotatable bonds is 10. The Bertz CT molecular complexity index is 1130. The number of nitrogens with one attached hydrogen (secondary N) is 1. The second kappa shape index (κ2) is 11.7. The van der Waals surface area contributed by atoms with Gasteiger partial charge in [0.2, 0.25) is 0 Å². The minimum atomic E-state index is -1.07. The van der Waals surface area contributed by atoms with E-state index in [-0.39, 0.29) is 17.9 Å². The summed E-state index contributed by atoms with van der Waals surface area (Å²) in [6.45, 7) is 5.98. The first kappa shape index (κ1) is 24.6. The van der Waals surface area contributed by atoms with Crippen LogP contribution in [0.4, 0.5) is 10.5 Å². The maximum atomic E-state index is 12.0. The quantitative estimate of drug-likeness (QED) is 0.184. The smallest absolute Gasteiger partial charge is 0.319 e. The highest BCUT2D eigenvalue weighted by Gasteiger charge is 2.16. The molecule has 3 N–H and O–H groups in total. The summed E-state index contributed by atoms with van der Waals surface area (Å²) in [6.07, 6.45) is 3.35. The number of non-ortho nitro benzene ring substituents is 1. The molecule has 0 aliphatic rings. The zero-order valence-corrected chi connectivity index (χ0v) is 17.9. The van der Waals surface area contributed by atoms with E-state index >= 15 is 0 Å². The second-order valence-corrected chi connectivity index (χ2v) is 6.63. The summed E-state index contributed by atoms with van der Waals surface area (Å²) in [5, 5.41) is 22.0. The molecular weight excluding hydrogens is 428 g/mol. The van der Waals surface area contributed by atoms with Gasteiger partial charge in [-0.15, -0.1) is 6.58 Å². The maximum absolute atomic E-state index is 12.0. The summed E-state index contributed by atoms with van der Waals surface area (Å²) in [5.41, 5.74) is 6.46. The van der Waals surface area contributed by atoms with E-state index in [1.165, 1.54) is 18.2 Å². The van der Waals surface area contributed by atoms with Crippen molar-refractivity contribution in [2.45, 2.75) is 20.0 Å². The molecule has 10 nitrogen and oxygen atoms in total. The lowest BCUT2D eigenvalue weighted by Gasteiger charge is -2.17. The number of allylic oxidation sites excluding steroid dienone is 1. The van der Waals surface area contributed by atoms with E-state index in [2.05, 4.69) is 6.58 Å².